The highest BCUT2D eigenvalue weighted by atomic mass is 35.5. The number of benzene rings is 1. The van der Waals surface area contributed by atoms with Gasteiger partial charge in [0.05, 0.1) is 30.1 Å². The maximum absolute atomic E-state index is 13.6. The van der Waals surface area contributed by atoms with Gasteiger partial charge in [0.1, 0.15) is 16.1 Å². The SMILES string of the molecule is Nc1nc(/C(=N/OC2(C(=O)O)CCC(Cl)(Cl)CC2)C(=O)C[C@H]2CON(C3(C(=O)O)C[C@H](N4C(=O)c5cc(O)c(O)cc5C4=O)C(=O)O3)C2=O)cs1. The van der Waals surface area contributed by atoms with Crippen LogP contribution in [0.3, 0.4) is 0 Å². The van der Waals surface area contributed by atoms with Crippen molar-refractivity contribution >= 4 is 86.8 Å². The number of fused-ring (bicyclic) bond motifs is 1. The molecule has 1 saturated carbocycles. The third kappa shape index (κ3) is 6.06. The number of Topliss-reactive ketones (excluding diaryl/α,β-unsaturated/α-hetero) is 1. The number of nitrogens with two attached hydrogens (primary N) is 1. The van der Waals surface area contributed by atoms with Crippen molar-refractivity contribution in [2.45, 2.75) is 60.2 Å². The number of hydroxylamine groups is 2. The van der Waals surface area contributed by atoms with E-state index in [1.165, 1.54) is 5.38 Å². The number of halogens is 2. The molecule has 1 aromatic heterocycles. The van der Waals surface area contributed by atoms with E-state index in [0.717, 1.165) is 23.5 Å². The van der Waals surface area contributed by atoms with E-state index in [2.05, 4.69) is 10.1 Å². The molecule has 6 N–H and O–H groups in total. The molecule has 2 saturated heterocycles. The Bertz CT molecular complexity index is 1900. The Labute approximate surface area is 299 Å². The van der Waals surface area contributed by atoms with Gasteiger partial charge in [0, 0.05) is 24.6 Å². The number of alkyl halides is 2. The van der Waals surface area contributed by atoms with Crippen LogP contribution in [0.5, 0.6) is 11.5 Å². The van der Waals surface area contributed by atoms with Gasteiger partial charge >= 0.3 is 23.6 Å². The van der Waals surface area contributed by atoms with E-state index < -0.39 is 106 Å². The Morgan fingerprint density at radius 3 is 2.16 bits per heavy atom. The Balaban J connectivity index is 1.22. The summed E-state index contributed by atoms with van der Waals surface area (Å²) >= 11 is 13.2. The van der Waals surface area contributed by atoms with Gasteiger partial charge < -0.3 is 35.7 Å². The molecule has 2 aromatic rings. The Kier molecular flexibility index (Phi) is 8.85. The Morgan fingerprint density at radius 1 is 1.02 bits per heavy atom. The highest BCUT2D eigenvalue weighted by molar-refractivity contribution is 7.13. The summed E-state index contributed by atoms with van der Waals surface area (Å²) in [6.07, 6.45) is -1.95. The van der Waals surface area contributed by atoms with Gasteiger partial charge in [-0.1, -0.05) is 5.16 Å². The van der Waals surface area contributed by atoms with Crippen LogP contribution in [0.15, 0.2) is 22.7 Å². The lowest BCUT2D eigenvalue weighted by Gasteiger charge is -2.36. The molecule has 6 rings (SSSR count). The molecule has 51 heavy (non-hydrogen) atoms. The number of esters is 1. The Morgan fingerprint density at radius 2 is 1.63 bits per heavy atom. The fraction of sp³-hybridized carbons (Fsp3) is 0.414. The van der Waals surface area contributed by atoms with Crippen molar-refractivity contribution in [1.29, 1.82) is 0 Å². The number of aromatic hydroxyl groups is 2. The first kappa shape index (κ1) is 35.8. The number of imide groups is 1. The molecule has 3 aliphatic heterocycles. The summed E-state index contributed by atoms with van der Waals surface area (Å²) in [5.74, 6) is -11.8. The van der Waals surface area contributed by atoms with E-state index in [-0.39, 0.29) is 52.7 Å². The number of phenols is 2. The van der Waals surface area contributed by atoms with Crippen molar-refractivity contribution in [2.24, 2.45) is 11.1 Å². The zero-order valence-corrected chi connectivity index (χ0v) is 28.1. The van der Waals surface area contributed by atoms with Crippen molar-refractivity contribution in [2.75, 3.05) is 12.3 Å². The molecule has 4 aliphatic rings. The number of rotatable bonds is 10. The number of phenolic OH excluding ortho intramolecular Hbond substituents is 2. The van der Waals surface area contributed by atoms with Gasteiger partial charge in [0.25, 0.3) is 17.7 Å². The van der Waals surface area contributed by atoms with Gasteiger partial charge in [-0.25, -0.2) is 19.4 Å². The number of thiazole rings is 1. The summed E-state index contributed by atoms with van der Waals surface area (Å²) in [4.78, 5) is 107. The molecule has 1 aromatic carbocycles. The number of cyclic esters (lactones) is 1. The predicted octanol–water partition coefficient (Wildman–Crippen LogP) is 1.17. The highest BCUT2D eigenvalue weighted by Crippen LogP contribution is 2.45. The molecule has 270 valence electrons. The molecule has 3 amide bonds. The van der Waals surface area contributed by atoms with E-state index in [9.17, 15) is 54.0 Å². The topological polar surface area (TPSA) is 286 Å². The minimum absolute atomic E-state index is 0.0179. The maximum atomic E-state index is 13.6. The summed E-state index contributed by atoms with van der Waals surface area (Å²) in [6.45, 7) is -0.604. The van der Waals surface area contributed by atoms with E-state index >= 15 is 0 Å². The van der Waals surface area contributed by atoms with Crippen LogP contribution in [0.1, 0.15) is 64.9 Å². The van der Waals surface area contributed by atoms with Crippen molar-refractivity contribution in [1.82, 2.24) is 14.9 Å². The number of anilines is 1. The average molecular weight is 771 g/mol. The number of carboxylic acid groups (broad SMARTS) is 2. The van der Waals surface area contributed by atoms with Gasteiger partial charge in [-0.3, -0.25) is 28.9 Å². The molecule has 4 heterocycles. The van der Waals surface area contributed by atoms with Gasteiger partial charge in [0.15, 0.2) is 28.1 Å². The quantitative estimate of drug-likeness (QED) is 0.0566. The first-order valence-corrected chi connectivity index (χ1v) is 16.5. The minimum Gasteiger partial charge on any atom is -0.504 e. The Hall–Kier alpha value is -5.05. The van der Waals surface area contributed by atoms with Crippen molar-refractivity contribution in [3.8, 4) is 11.5 Å². The molecule has 0 bridgehead atoms. The second-order valence-corrected chi connectivity index (χ2v) is 14.6. The maximum Gasteiger partial charge on any atom is 0.372 e. The van der Waals surface area contributed by atoms with E-state index in [1.54, 1.807) is 0 Å². The van der Waals surface area contributed by atoms with Gasteiger partial charge in [-0.2, -0.15) is 5.06 Å². The smallest absolute Gasteiger partial charge is 0.372 e. The number of hydrogen-bond donors (Lipinski definition) is 5. The third-order valence-electron chi connectivity index (χ3n) is 8.90. The van der Waals surface area contributed by atoms with Crippen LogP contribution in [-0.4, -0.2) is 111 Å². The standard InChI is InChI=1S/C29H25Cl2N5O14S/c30-28(31)3-1-27(2-4-28,24(44)45)50-34-19(14-10-51-26(32)33-14)18(39)5-11-9-48-36(20(11)40)29(25(46)47)8-15(23(43)49-29)35-21(41)12-6-16(37)17(38)7-13(12)22(35)42/h6-7,10-11,15,37-38H,1-5,8-9H2,(H2,32,33)(H,44,45)(H,46,47)/b34-19-/t11-,15-,29?/m0/s1. The van der Waals surface area contributed by atoms with Crippen molar-refractivity contribution in [3.63, 3.8) is 0 Å². The highest BCUT2D eigenvalue weighted by Gasteiger charge is 2.65. The van der Waals surface area contributed by atoms with Gasteiger partial charge in [0.2, 0.25) is 5.60 Å². The zero-order valence-electron chi connectivity index (χ0n) is 25.7. The summed E-state index contributed by atoms with van der Waals surface area (Å²) in [5.41, 5.74) is -0.441. The lowest BCUT2D eigenvalue weighted by atomic mass is 9.84. The van der Waals surface area contributed by atoms with Crippen LogP contribution in [0, 0.1) is 5.92 Å². The first-order valence-electron chi connectivity index (χ1n) is 14.9. The van der Waals surface area contributed by atoms with Crippen LogP contribution in [0.4, 0.5) is 5.13 Å². The monoisotopic (exact) mass is 769 g/mol. The van der Waals surface area contributed by atoms with E-state index in [1.807, 2.05) is 0 Å². The lowest BCUT2D eigenvalue weighted by molar-refractivity contribution is -0.256. The molecule has 1 unspecified atom stereocenters. The average Bonchev–Trinajstić information content (AvgIpc) is 3.80. The van der Waals surface area contributed by atoms with Gasteiger partial charge in [-0.15, -0.1) is 34.5 Å². The van der Waals surface area contributed by atoms with Crippen LogP contribution < -0.4 is 5.73 Å². The molecular formula is C29H25Cl2N5O14S. The van der Waals surface area contributed by atoms with E-state index in [0.29, 0.717) is 4.90 Å². The van der Waals surface area contributed by atoms with Crippen molar-refractivity contribution in [3.05, 3.63) is 34.3 Å². The predicted molar refractivity (Wildman–Crippen MR) is 168 cm³/mol. The number of aromatic nitrogens is 1. The second-order valence-electron chi connectivity index (χ2n) is 12.1. The fourth-order valence-electron chi connectivity index (χ4n) is 6.07. The molecule has 3 atom stereocenters. The van der Waals surface area contributed by atoms with Crippen molar-refractivity contribution < 1.29 is 68.4 Å². The number of nitrogen functional groups attached to an aromatic ring is 1. The number of amides is 3. The molecule has 3 fully saturated rings. The van der Waals surface area contributed by atoms with Gasteiger partial charge in [-0.05, 0) is 25.0 Å². The van der Waals surface area contributed by atoms with Crippen LogP contribution in [0.25, 0.3) is 0 Å². The number of oxime groups is 1. The number of ketones is 1. The number of hydrogen-bond acceptors (Lipinski definition) is 16. The van der Waals surface area contributed by atoms with E-state index in [4.69, 9.17) is 43.3 Å². The largest absolute Gasteiger partial charge is 0.504 e. The number of carbonyl (C=O) groups is 7. The van der Waals surface area contributed by atoms with Crippen LogP contribution in [0.2, 0.25) is 0 Å². The minimum atomic E-state index is -2.89. The number of carbonyl (C=O) groups excluding carboxylic acids is 5. The summed E-state index contributed by atoms with van der Waals surface area (Å²) in [7, 11) is 0. The molecular weight excluding hydrogens is 745 g/mol. The molecule has 1 aliphatic carbocycles. The first-order chi connectivity index (χ1) is 23.9. The molecule has 19 nitrogen and oxygen atoms in total. The number of carboxylic acids is 2. The second kappa shape index (κ2) is 12.6. The molecule has 22 heteroatoms. The fourth-order valence-corrected chi connectivity index (χ4v) is 7.00. The van der Waals surface area contributed by atoms with Crippen LogP contribution >= 0.6 is 34.5 Å². The third-order valence-corrected chi connectivity index (χ3v) is 10.3. The normalized spacial score (nSPS) is 25.6. The zero-order chi connectivity index (χ0) is 37.2. The lowest BCUT2D eigenvalue weighted by Crippen LogP contribution is -2.56. The molecule has 0 spiro atoms. The number of ether oxygens (including phenoxy) is 1. The number of aliphatic carboxylic acids is 2. The summed E-state index contributed by atoms with van der Waals surface area (Å²) < 4.78 is 3.94. The molecule has 0 radical (unpaired) electrons. The number of nitrogens with zero attached hydrogens (tertiary/aromatic N) is 4. The summed E-state index contributed by atoms with van der Waals surface area (Å²) in [6, 6.07) is -0.286. The summed E-state index contributed by atoms with van der Waals surface area (Å²) in [5, 5.41) is 45.2. The van der Waals surface area contributed by atoms with Crippen LogP contribution in [-0.2, 0) is 38.4 Å².